The maximum Gasteiger partial charge on any atom is 0.401 e. The van der Waals surface area contributed by atoms with Crippen molar-refractivity contribution >= 4 is 0 Å². The lowest BCUT2D eigenvalue weighted by Crippen LogP contribution is -2.34. The molecule has 1 aromatic rings. The maximum absolute atomic E-state index is 11.8. The molecule has 0 aliphatic rings. The quantitative estimate of drug-likeness (QED) is 0.810. The van der Waals surface area contributed by atoms with E-state index in [2.05, 4.69) is 10.3 Å². The largest absolute Gasteiger partial charge is 0.401 e. The van der Waals surface area contributed by atoms with Gasteiger partial charge in [0.2, 0.25) is 0 Å². The Morgan fingerprint density at radius 1 is 1.41 bits per heavy atom. The van der Waals surface area contributed by atoms with E-state index >= 15 is 0 Å². The van der Waals surface area contributed by atoms with Gasteiger partial charge in [0.1, 0.15) is 5.82 Å². The Balaban J connectivity index is 2.56. The lowest BCUT2D eigenvalue weighted by Gasteiger charge is -2.11. The van der Waals surface area contributed by atoms with Gasteiger partial charge in [-0.3, -0.25) is 9.36 Å². The fourth-order valence-corrected chi connectivity index (χ4v) is 1.46. The molecule has 0 amide bonds. The summed E-state index contributed by atoms with van der Waals surface area (Å²) in [5, 5.41) is 2.23. The van der Waals surface area contributed by atoms with Crippen LogP contribution in [0.2, 0.25) is 0 Å². The molecular weight excluding hydrogens is 235 g/mol. The Labute approximate surface area is 96.5 Å². The van der Waals surface area contributed by atoms with Gasteiger partial charge in [0.15, 0.2) is 0 Å². The molecule has 1 N–H and O–H groups in total. The fraction of sp³-hybridized carbons (Fsp3) is 0.600. The highest BCUT2D eigenvalue weighted by atomic mass is 19.4. The first-order valence-electron chi connectivity index (χ1n) is 5.12. The van der Waals surface area contributed by atoms with Crippen molar-refractivity contribution in [2.75, 3.05) is 13.1 Å². The minimum absolute atomic E-state index is 0.0744. The van der Waals surface area contributed by atoms with Crippen molar-refractivity contribution in [3.05, 3.63) is 27.9 Å². The molecule has 7 heteroatoms. The minimum Gasteiger partial charge on any atom is -0.307 e. The number of nitrogens with zero attached hydrogens (tertiary/aromatic N) is 2. The number of hydrogen-bond acceptors (Lipinski definition) is 3. The van der Waals surface area contributed by atoms with Crippen molar-refractivity contribution in [1.29, 1.82) is 0 Å². The molecule has 0 radical (unpaired) electrons. The summed E-state index contributed by atoms with van der Waals surface area (Å²) >= 11 is 0. The third kappa shape index (κ3) is 4.56. The number of nitrogens with one attached hydrogen (secondary N) is 1. The first-order chi connectivity index (χ1) is 7.79. The zero-order chi connectivity index (χ0) is 13.1. The van der Waals surface area contributed by atoms with Crippen LogP contribution < -0.4 is 10.9 Å². The Hall–Kier alpha value is -1.37. The van der Waals surface area contributed by atoms with E-state index in [-0.39, 0.29) is 18.6 Å². The van der Waals surface area contributed by atoms with Crippen LogP contribution in [0, 0.1) is 13.8 Å². The van der Waals surface area contributed by atoms with Crippen molar-refractivity contribution in [3.8, 4) is 0 Å². The van der Waals surface area contributed by atoms with E-state index in [9.17, 15) is 18.0 Å². The predicted molar refractivity (Wildman–Crippen MR) is 56.9 cm³/mol. The zero-order valence-electron chi connectivity index (χ0n) is 9.64. The van der Waals surface area contributed by atoms with Crippen LogP contribution in [-0.4, -0.2) is 28.8 Å². The summed E-state index contributed by atoms with van der Waals surface area (Å²) in [7, 11) is 0. The molecule has 4 nitrogen and oxygen atoms in total. The molecule has 1 heterocycles. The highest BCUT2D eigenvalue weighted by Gasteiger charge is 2.25. The van der Waals surface area contributed by atoms with E-state index in [1.54, 1.807) is 13.8 Å². The third-order valence-corrected chi connectivity index (χ3v) is 2.16. The van der Waals surface area contributed by atoms with Gasteiger partial charge in [-0.1, -0.05) is 0 Å². The summed E-state index contributed by atoms with van der Waals surface area (Å²) in [5.74, 6) is 0.504. The van der Waals surface area contributed by atoms with Crippen LogP contribution in [0.4, 0.5) is 13.2 Å². The average Bonchev–Trinajstić information content (AvgIpc) is 2.13. The summed E-state index contributed by atoms with van der Waals surface area (Å²) in [4.78, 5) is 15.6. The second-order valence-corrected chi connectivity index (χ2v) is 3.73. The number of rotatable bonds is 4. The molecule has 17 heavy (non-hydrogen) atoms. The number of alkyl halides is 3. The molecule has 0 saturated carbocycles. The molecule has 0 aromatic carbocycles. The highest BCUT2D eigenvalue weighted by molar-refractivity contribution is 5.01. The van der Waals surface area contributed by atoms with Crippen LogP contribution in [0.25, 0.3) is 0 Å². The van der Waals surface area contributed by atoms with E-state index in [0.717, 1.165) is 0 Å². The Morgan fingerprint density at radius 2 is 2.06 bits per heavy atom. The number of aromatic nitrogens is 2. The number of hydrogen-bond donors (Lipinski definition) is 1. The molecule has 0 fully saturated rings. The summed E-state index contributed by atoms with van der Waals surface area (Å²) in [5.41, 5.74) is 0.357. The first kappa shape index (κ1) is 13.7. The van der Waals surface area contributed by atoms with Gasteiger partial charge in [-0.2, -0.15) is 13.2 Å². The van der Waals surface area contributed by atoms with Gasteiger partial charge in [0.25, 0.3) is 5.56 Å². The summed E-state index contributed by atoms with van der Waals surface area (Å²) in [6.07, 6.45) is -4.23. The monoisotopic (exact) mass is 249 g/mol. The minimum atomic E-state index is -4.23. The standard InChI is InChI=1S/C10H14F3N3O/c1-7-5-9(17)16(8(2)15-7)4-3-14-6-10(11,12)13/h5,14H,3-4,6H2,1-2H3. The van der Waals surface area contributed by atoms with Gasteiger partial charge in [-0.25, -0.2) is 4.98 Å². The van der Waals surface area contributed by atoms with Crippen LogP contribution >= 0.6 is 0 Å². The smallest absolute Gasteiger partial charge is 0.307 e. The van der Waals surface area contributed by atoms with Gasteiger partial charge >= 0.3 is 6.18 Å². The van der Waals surface area contributed by atoms with Crippen molar-refractivity contribution in [2.45, 2.75) is 26.6 Å². The SMILES string of the molecule is Cc1cc(=O)n(CCNCC(F)(F)F)c(C)n1. The van der Waals surface area contributed by atoms with Gasteiger partial charge in [-0.05, 0) is 13.8 Å². The maximum atomic E-state index is 11.8. The van der Waals surface area contributed by atoms with Crippen LogP contribution in [-0.2, 0) is 6.54 Å². The summed E-state index contributed by atoms with van der Waals surface area (Å²) in [6.45, 7) is 2.54. The van der Waals surface area contributed by atoms with E-state index < -0.39 is 12.7 Å². The van der Waals surface area contributed by atoms with E-state index in [4.69, 9.17) is 0 Å². The lowest BCUT2D eigenvalue weighted by molar-refractivity contribution is -0.124. The summed E-state index contributed by atoms with van der Waals surface area (Å²) in [6, 6.07) is 1.36. The van der Waals surface area contributed by atoms with E-state index in [0.29, 0.717) is 11.5 Å². The molecule has 96 valence electrons. The molecule has 0 bridgehead atoms. The summed E-state index contributed by atoms with van der Waals surface area (Å²) < 4.78 is 36.9. The normalized spacial score (nSPS) is 11.8. The molecule has 0 unspecified atom stereocenters. The second kappa shape index (κ2) is 5.31. The Kier molecular flexibility index (Phi) is 4.28. The second-order valence-electron chi connectivity index (χ2n) is 3.73. The van der Waals surface area contributed by atoms with Crippen molar-refractivity contribution in [1.82, 2.24) is 14.9 Å². The molecule has 1 aromatic heterocycles. The fourth-order valence-electron chi connectivity index (χ4n) is 1.46. The number of halogens is 3. The van der Waals surface area contributed by atoms with Crippen LogP contribution in [0.1, 0.15) is 11.5 Å². The average molecular weight is 249 g/mol. The lowest BCUT2D eigenvalue weighted by atomic mass is 10.4. The topological polar surface area (TPSA) is 46.9 Å². The van der Waals surface area contributed by atoms with Crippen molar-refractivity contribution in [3.63, 3.8) is 0 Å². The van der Waals surface area contributed by atoms with Crippen molar-refractivity contribution < 1.29 is 13.2 Å². The van der Waals surface area contributed by atoms with Crippen LogP contribution in [0.15, 0.2) is 10.9 Å². The van der Waals surface area contributed by atoms with Crippen LogP contribution in [0.3, 0.4) is 0 Å². The molecule has 1 rings (SSSR count). The molecular formula is C10H14F3N3O. The first-order valence-corrected chi connectivity index (χ1v) is 5.12. The molecule has 0 saturated heterocycles. The highest BCUT2D eigenvalue weighted by Crippen LogP contribution is 2.11. The molecule has 0 atom stereocenters. The Bertz CT molecular complexity index is 439. The van der Waals surface area contributed by atoms with Crippen LogP contribution in [0.5, 0.6) is 0 Å². The van der Waals surface area contributed by atoms with E-state index in [1.165, 1.54) is 10.6 Å². The Morgan fingerprint density at radius 3 is 2.59 bits per heavy atom. The zero-order valence-corrected chi connectivity index (χ0v) is 9.64. The van der Waals surface area contributed by atoms with Gasteiger partial charge in [-0.15, -0.1) is 0 Å². The van der Waals surface area contributed by atoms with E-state index in [1.807, 2.05) is 0 Å². The predicted octanol–water partition coefficient (Wildman–Crippen LogP) is 1.01. The van der Waals surface area contributed by atoms with Crippen molar-refractivity contribution in [2.24, 2.45) is 0 Å². The molecule has 0 aliphatic carbocycles. The molecule has 0 aliphatic heterocycles. The van der Waals surface area contributed by atoms with Gasteiger partial charge in [0.05, 0.1) is 6.54 Å². The molecule has 0 spiro atoms. The number of aryl methyl sites for hydroxylation is 2. The van der Waals surface area contributed by atoms with Gasteiger partial charge in [0, 0.05) is 24.8 Å². The van der Waals surface area contributed by atoms with Gasteiger partial charge < -0.3 is 5.32 Å². The third-order valence-electron chi connectivity index (χ3n) is 2.16.